The summed E-state index contributed by atoms with van der Waals surface area (Å²) in [6.45, 7) is 6.66. The van der Waals surface area contributed by atoms with Gasteiger partial charge in [-0.05, 0) is 88.2 Å². The van der Waals surface area contributed by atoms with Crippen LogP contribution in [0.3, 0.4) is 0 Å². The van der Waals surface area contributed by atoms with Crippen LogP contribution in [-0.2, 0) is 6.42 Å². The molecule has 0 amide bonds. The number of hydrogen-bond donors (Lipinski definition) is 0. The monoisotopic (exact) mass is 760 g/mol. The van der Waals surface area contributed by atoms with Crippen molar-refractivity contribution >= 4 is 32.8 Å². The van der Waals surface area contributed by atoms with Gasteiger partial charge < -0.3 is 4.74 Å². The third-order valence-corrected chi connectivity index (χ3v) is 10.1. The molecule has 0 aliphatic heterocycles. The molecule has 10 rings (SSSR count). The normalized spacial score (nSPS) is 14.2. The second-order valence-electron chi connectivity index (χ2n) is 15.4. The van der Waals surface area contributed by atoms with Crippen LogP contribution in [-0.4, -0.2) is 14.1 Å². The first-order valence-electron chi connectivity index (χ1n) is 24.0. The Bertz CT molecular complexity index is 3560. The molecule has 58 heavy (non-hydrogen) atoms. The summed E-state index contributed by atoms with van der Waals surface area (Å²) in [5.74, 6) is 1.92. The molecule has 5 heteroatoms. The van der Waals surface area contributed by atoms with Crippen LogP contribution in [0.5, 0.6) is 11.5 Å². The maximum atomic E-state index is 9.00. The van der Waals surface area contributed by atoms with E-state index >= 15 is 0 Å². The molecule has 10 aromatic rings. The molecule has 0 N–H and O–H groups in total. The molecular weight excluding hydrogens is 709 g/mol. The lowest BCUT2D eigenvalue weighted by atomic mass is 9.88. The van der Waals surface area contributed by atoms with E-state index in [0.717, 1.165) is 34.0 Å². The highest BCUT2D eigenvalue weighted by molar-refractivity contribution is 6.09. The van der Waals surface area contributed by atoms with Crippen molar-refractivity contribution in [1.82, 2.24) is 14.1 Å². The lowest BCUT2D eigenvalue weighted by molar-refractivity contribution is -0.571. The fourth-order valence-corrected chi connectivity index (χ4v) is 7.76. The Kier molecular flexibility index (Phi) is 6.40. The fourth-order valence-electron chi connectivity index (χ4n) is 7.76. The van der Waals surface area contributed by atoms with Gasteiger partial charge in [0.2, 0.25) is 0 Å². The van der Waals surface area contributed by atoms with Gasteiger partial charge in [-0.25, -0.2) is 4.98 Å². The summed E-state index contributed by atoms with van der Waals surface area (Å²) in [5, 5.41) is 2.14. The third kappa shape index (κ3) is 6.50. The Labute approximate surface area is 352 Å². The Hall–Kier alpha value is -7.24. The molecule has 0 radical (unpaired) electrons. The molecule has 0 bridgehead atoms. The van der Waals surface area contributed by atoms with E-state index in [9.17, 15) is 0 Å². The SMILES string of the molecule is [2H]c1c([2H])c([2H])c(-c2cccc(-c3c([2H])c([2H])c([2H])c([2H])c3[2H])c2-[n+]2[c-]n(-c3cccc(Oc4ccc5c6ccccc6n(-c6cc(CC(C)(C)C)ccn6)c5c4)c3)c3ccccc32)c([2H])c1[2H]. The highest BCUT2D eigenvalue weighted by Crippen LogP contribution is 2.37. The van der Waals surface area contributed by atoms with Gasteiger partial charge in [-0.15, -0.1) is 0 Å². The molecule has 0 atom stereocenters. The molecule has 280 valence electrons. The topological polar surface area (TPSA) is 35.9 Å². The number of rotatable bonds is 8. The van der Waals surface area contributed by atoms with Gasteiger partial charge in [0, 0.05) is 23.0 Å². The highest BCUT2D eigenvalue weighted by Gasteiger charge is 2.20. The van der Waals surface area contributed by atoms with Crippen molar-refractivity contribution in [3.05, 3.63) is 200 Å². The summed E-state index contributed by atoms with van der Waals surface area (Å²) in [6.07, 6.45) is 6.19. The largest absolute Gasteiger partial charge is 0.458 e. The Morgan fingerprint density at radius 3 is 2.03 bits per heavy atom. The van der Waals surface area contributed by atoms with Crippen LogP contribution in [0.15, 0.2) is 188 Å². The molecule has 0 aliphatic carbocycles. The van der Waals surface area contributed by atoms with E-state index in [4.69, 9.17) is 23.4 Å². The van der Waals surface area contributed by atoms with E-state index in [0.29, 0.717) is 28.2 Å². The van der Waals surface area contributed by atoms with Crippen LogP contribution in [0.2, 0.25) is 0 Å². The van der Waals surface area contributed by atoms with E-state index < -0.39 is 60.4 Å². The smallest absolute Gasteiger partial charge is 0.269 e. The lowest BCUT2D eigenvalue weighted by Gasteiger charge is -2.18. The molecule has 0 aliphatic rings. The Balaban J connectivity index is 1.13. The van der Waals surface area contributed by atoms with Crippen LogP contribution in [0.1, 0.15) is 40.0 Å². The molecule has 3 heterocycles. The van der Waals surface area contributed by atoms with Gasteiger partial charge in [0.05, 0.1) is 47.1 Å². The Morgan fingerprint density at radius 2 is 1.29 bits per heavy atom. The number of benzene rings is 7. The first-order chi connectivity index (χ1) is 32.5. The minimum atomic E-state index is -0.564. The van der Waals surface area contributed by atoms with E-state index in [1.54, 1.807) is 27.3 Å². The quantitative estimate of drug-likeness (QED) is 0.114. The van der Waals surface area contributed by atoms with E-state index in [2.05, 4.69) is 62.0 Å². The van der Waals surface area contributed by atoms with Crippen molar-refractivity contribution in [3.63, 3.8) is 0 Å². The zero-order chi connectivity index (χ0) is 47.9. The second kappa shape index (κ2) is 14.4. The highest BCUT2D eigenvalue weighted by atomic mass is 16.5. The van der Waals surface area contributed by atoms with E-state index in [1.807, 2.05) is 79.0 Å². The van der Waals surface area contributed by atoms with E-state index in [-0.39, 0.29) is 33.4 Å². The maximum Gasteiger partial charge on any atom is 0.269 e. The van der Waals surface area contributed by atoms with Crippen molar-refractivity contribution in [2.75, 3.05) is 0 Å². The number of nitrogens with zero attached hydrogens (tertiary/aromatic N) is 4. The van der Waals surface area contributed by atoms with Crippen molar-refractivity contribution in [2.45, 2.75) is 27.2 Å². The van der Waals surface area contributed by atoms with Gasteiger partial charge in [0.15, 0.2) is 0 Å². The first-order valence-corrected chi connectivity index (χ1v) is 19.0. The van der Waals surface area contributed by atoms with Crippen LogP contribution in [0.4, 0.5) is 0 Å². The standard InChI is InChI=1S/C53H42N4O/c1-53(2,3)35-37-30-31-54-51(32-37)57-47-25-11-10-22-45(47)46-29-28-42(34-50(46)57)58-41-21-14-20-40(33-41)55-36-56(49-27-13-12-26-48(49)55)52-43(38-16-6-4-7-17-38)23-15-24-44(52)39-18-8-5-9-19-39/h4-34H,35H2,1-3H3/i4D,5D,6D,7D,8D,9D,16D,17D,18D,19D. The number of pyridine rings is 1. The Morgan fingerprint density at radius 1 is 0.638 bits per heavy atom. The van der Waals surface area contributed by atoms with Gasteiger partial charge in [-0.2, -0.15) is 0 Å². The number of hydrogen-bond acceptors (Lipinski definition) is 2. The van der Waals surface area contributed by atoms with Crippen LogP contribution < -0.4 is 9.30 Å². The van der Waals surface area contributed by atoms with Crippen LogP contribution in [0, 0.1) is 11.7 Å². The van der Waals surface area contributed by atoms with Gasteiger partial charge in [-0.1, -0.05) is 148 Å². The molecule has 0 saturated heterocycles. The average Bonchev–Trinajstić information content (AvgIpc) is 3.87. The summed E-state index contributed by atoms with van der Waals surface area (Å²) in [6, 6.07) is 32.9. The first kappa shape index (κ1) is 25.8. The molecule has 5 nitrogen and oxygen atoms in total. The predicted molar refractivity (Wildman–Crippen MR) is 236 cm³/mol. The molecule has 0 spiro atoms. The average molecular weight is 761 g/mol. The van der Waals surface area contributed by atoms with Crippen LogP contribution in [0.25, 0.3) is 72.3 Å². The van der Waals surface area contributed by atoms with Gasteiger partial charge in [0.25, 0.3) is 6.33 Å². The fraction of sp³-hybridized carbons (Fsp3) is 0.0943. The number of ether oxygens (including phenoxy) is 1. The number of para-hydroxylation sites is 4. The number of fused-ring (bicyclic) bond motifs is 4. The van der Waals surface area contributed by atoms with Crippen molar-refractivity contribution < 1.29 is 23.0 Å². The summed E-state index contributed by atoms with van der Waals surface area (Å²) < 4.78 is 99.1. The summed E-state index contributed by atoms with van der Waals surface area (Å²) in [4.78, 5) is 4.83. The predicted octanol–water partition coefficient (Wildman–Crippen LogP) is 12.9. The summed E-state index contributed by atoms with van der Waals surface area (Å²) in [7, 11) is 0. The molecule has 0 unspecified atom stereocenters. The molecule has 0 saturated carbocycles. The molecule has 0 fully saturated rings. The maximum absolute atomic E-state index is 9.00. The van der Waals surface area contributed by atoms with Gasteiger partial charge in [0.1, 0.15) is 17.3 Å². The van der Waals surface area contributed by atoms with Gasteiger partial charge in [-0.3, -0.25) is 13.7 Å². The van der Waals surface area contributed by atoms with Crippen LogP contribution >= 0.6 is 0 Å². The number of imidazole rings is 1. The van der Waals surface area contributed by atoms with Crippen molar-refractivity contribution in [3.8, 4) is 50.9 Å². The molecular formula is C53H42N4O. The summed E-state index contributed by atoms with van der Waals surface area (Å²) >= 11 is 0. The molecule has 7 aromatic carbocycles. The third-order valence-electron chi connectivity index (χ3n) is 10.1. The zero-order valence-corrected chi connectivity index (χ0v) is 32.0. The number of aromatic nitrogens is 4. The van der Waals surface area contributed by atoms with E-state index in [1.165, 1.54) is 5.56 Å². The minimum absolute atomic E-state index is 0.0929. The molecule has 3 aromatic heterocycles. The van der Waals surface area contributed by atoms with Crippen molar-refractivity contribution in [1.29, 1.82) is 0 Å². The minimum Gasteiger partial charge on any atom is -0.458 e. The second-order valence-corrected chi connectivity index (χ2v) is 15.4. The zero-order valence-electron chi connectivity index (χ0n) is 42.0. The lowest BCUT2D eigenvalue weighted by Crippen LogP contribution is -2.31. The van der Waals surface area contributed by atoms with Crippen molar-refractivity contribution in [2.24, 2.45) is 5.41 Å². The van der Waals surface area contributed by atoms with Gasteiger partial charge >= 0.3 is 0 Å². The summed E-state index contributed by atoms with van der Waals surface area (Å²) in [5.41, 5.74) is 5.35.